The molecule has 0 saturated carbocycles. The molecule has 0 aliphatic carbocycles. The Kier molecular flexibility index (Phi) is 4.39. The molecule has 1 heterocycles. The van der Waals surface area contributed by atoms with Gasteiger partial charge in [-0.2, -0.15) is 0 Å². The van der Waals surface area contributed by atoms with Crippen molar-refractivity contribution in [1.82, 2.24) is 0 Å². The minimum atomic E-state index is -0.427. The average Bonchev–Trinajstić information content (AvgIpc) is 2.86. The van der Waals surface area contributed by atoms with Crippen molar-refractivity contribution in [3.63, 3.8) is 0 Å². The van der Waals surface area contributed by atoms with Crippen molar-refractivity contribution >= 4 is 32.9 Å². The third kappa shape index (κ3) is 3.18. The zero-order valence-corrected chi connectivity index (χ0v) is 16.2. The van der Waals surface area contributed by atoms with E-state index in [2.05, 4.69) is 0 Å². The summed E-state index contributed by atoms with van der Waals surface area (Å²) in [6.45, 7) is 0.922. The average molecular weight is 416 g/mol. The minimum absolute atomic E-state index is 0.00135. The second-order valence-electron chi connectivity index (χ2n) is 7.25. The van der Waals surface area contributed by atoms with Crippen molar-refractivity contribution in [1.29, 1.82) is 0 Å². The molecule has 0 N–H and O–H groups in total. The van der Waals surface area contributed by atoms with Crippen molar-refractivity contribution in [3.8, 4) is 22.6 Å². The molecule has 31 heavy (non-hydrogen) atoms. The maximum Gasteiger partial charge on any atom is 0.270 e. The van der Waals surface area contributed by atoms with Crippen LogP contribution in [0.4, 0.5) is 11.4 Å². The first-order chi connectivity index (χ1) is 15.0. The van der Waals surface area contributed by atoms with Crippen molar-refractivity contribution in [2.75, 3.05) is 13.2 Å². The monoisotopic (exact) mass is 416 g/mol. The van der Waals surface area contributed by atoms with E-state index in [1.165, 1.54) is 24.3 Å². The summed E-state index contributed by atoms with van der Waals surface area (Å²) in [6.07, 6.45) is 0.690. The third-order valence-corrected chi connectivity index (χ3v) is 5.41. The second kappa shape index (κ2) is 7.24. The molecule has 0 bridgehead atoms. The molecule has 1 aliphatic heterocycles. The molecule has 0 spiro atoms. The number of benzene rings is 4. The lowest BCUT2D eigenvalue weighted by atomic mass is 9.92. The van der Waals surface area contributed by atoms with Crippen molar-refractivity contribution in [2.24, 2.45) is 0 Å². The SMILES string of the molecule is O=[N+]([O-])c1ccc2c3c(ccc2c1)OCCCOc1ccc2cc([N+](=O)[O-])ccc2c1-3. The predicted octanol–water partition coefficient (Wildman–Crippen LogP) is 5.64. The van der Waals surface area contributed by atoms with Crippen LogP contribution in [0.2, 0.25) is 0 Å². The van der Waals surface area contributed by atoms with Gasteiger partial charge in [-0.05, 0) is 45.8 Å². The van der Waals surface area contributed by atoms with Crippen LogP contribution in [-0.4, -0.2) is 23.1 Å². The summed E-state index contributed by atoms with van der Waals surface area (Å²) in [5.41, 5.74) is 1.51. The lowest BCUT2D eigenvalue weighted by Gasteiger charge is -2.17. The van der Waals surface area contributed by atoms with E-state index in [4.69, 9.17) is 9.47 Å². The number of ether oxygens (including phenoxy) is 2. The lowest BCUT2D eigenvalue weighted by molar-refractivity contribution is -0.384. The van der Waals surface area contributed by atoms with Crippen molar-refractivity contribution < 1.29 is 19.3 Å². The van der Waals surface area contributed by atoms with Gasteiger partial charge in [-0.1, -0.05) is 12.1 Å². The first-order valence-corrected chi connectivity index (χ1v) is 9.71. The molecular weight excluding hydrogens is 400 g/mol. The number of hydrogen-bond acceptors (Lipinski definition) is 6. The van der Waals surface area contributed by atoms with Gasteiger partial charge in [-0.3, -0.25) is 20.2 Å². The molecule has 0 saturated heterocycles. The van der Waals surface area contributed by atoms with Gasteiger partial charge in [0.1, 0.15) is 11.5 Å². The Hall–Kier alpha value is -4.20. The first-order valence-electron chi connectivity index (χ1n) is 9.71. The molecule has 1 aliphatic rings. The molecule has 0 aromatic heterocycles. The van der Waals surface area contributed by atoms with Crippen LogP contribution in [0.25, 0.3) is 32.7 Å². The number of nitro groups is 2. The lowest BCUT2D eigenvalue weighted by Crippen LogP contribution is -2.03. The normalized spacial score (nSPS) is 13.2. The Balaban J connectivity index is 1.88. The van der Waals surface area contributed by atoms with E-state index in [-0.39, 0.29) is 11.4 Å². The van der Waals surface area contributed by atoms with E-state index >= 15 is 0 Å². The van der Waals surface area contributed by atoms with E-state index in [1.807, 2.05) is 0 Å². The smallest absolute Gasteiger partial charge is 0.270 e. The fourth-order valence-corrected chi connectivity index (χ4v) is 4.00. The van der Waals surface area contributed by atoms with E-state index in [0.717, 1.165) is 21.9 Å². The number of nitro benzene ring substituents is 2. The predicted molar refractivity (Wildman–Crippen MR) is 116 cm³/mol. The van der Waals surface area contributed by atoms with E-state index in [9.17, 15) is 20.2 Å². The van der Waals surface area contributed by atoms with Gasteiger partial charge in [0.05, 0.1) is 23.1 Å². The highest BCUT2D eigenvalue weighted by molar-refractivity contribution is 6.10. The summed E-state index contributed by atoms with van der Waals surface area (Å²) in [4.78, 5) is 21.6. The Morgan fingerprint density at radius 1 is 0.645 bits per heavy atom. The summed E-state index contributed by atoms with van der Waals surface area (Å²) >= 11 is 0. The Bertz CT molecular complexity index is 1280. The number of fused-ring (bicyclic) bond motifs is 7. The maximum atomic E-state index is 11.2. The van der Waals surface area contributed by atoms with Crippen LogP contribution in [-0.2, 0) is 0 Å². The van der Waals surface area contributed by atoms with Gasteiger partial charge in [0.15, 0.2) is 0 Å². The molecule has 0 atom stereocenters. The van der Waals surface area contributed by atoms with Gasteiger partial charge >= 0.3 is 0 Å². The molecule has 4 aromatic rings. The standard InChI is InChI=1S/C23H16N2O6/c26-24(27)16-4-6-18-14(12-16)2-8-20-22(18)23-19-7-5-17(25(28)29)13-15(19)3-9-21(23)31-11-1-10-30-20/h2-9,12-13H,1,10-11H2. The topological polar surface area (TPSA) is 105 Å². The van der Waals surface area contributed by atoms with Crippen LogP contribution in [0.15, 0.2) is 60.7 Å². The van der Waals surface area contributed by atoms with Crippen LogP contribution >= 0.6 is 0 Å². The molecule has 4 aromatic carbocycles. The summed E-state index contributed by atoms with van der Waals surface area (Å²) in [5.74, 6) is 1.28. The molecular formula is C23H16N2O6. The zero-order valence-electron chi connectivity index (χ0n) is 16.2. The number of rotatable bonds is 2. The fraction of sp³-hybridized carbons (Fsp3) is 0.130. The fourth-order valence-electron chi connectivity index (χ4n) is 4.00. The van der Waals surface area contributed by atoms with Gasteiger partial charge in [-0.15, -0.1) is 0 Å². The van der Waals surface area contributed by atoms with Gasteiger partial charge in [-0.25, -0.2) is 0 Å². The molecule has 154 valence electrons. The highest BCUT2D eigenvalue weighted by atomic mass is 16.6. The van der Waals surface area contributed by atoms with Gasteiger partial charge in [0.2, 0.25) is 0 Å². The summed E-state index contributed by atoms with van der Waals surface area (Å²) in [6, 6.07) is 16.6. The summed E-state index contributed by atoms with van der Waals surface area (Å²) in [5, 5.41) is 25.4. The zero-order chi connectivity index (χ0) is 21.5. The van der Waals surface area contributed by atoms with Gasteiger partial charge in [0.25, 0.3) is 11.4 Å². The Labute approximate surface area is 175 Å². The first kappa shape index (κ1) is 18.8. The van der Waals surface area contributed by atoms with Crippen molar-refractivity contribution in [3.05, 3.63) is 80.9 Å². The molecule has 0 unspecified atom stereocenters. The number of hydrogen-bond donors (Lipinski definition) is 0. The molecule has 8 heteroatoms. The van der Waals surface area contributed by atoms with Crippen LogP contribution in [0.5, 0.6) is 11.5 Å². The van der Waals surface area contributed by atoms with Gasteiger partial charge in [0, 0.05) is 41.8 Å². The van der Waals surface area contributed by atoms with E-state index < -0.39 is 9.85 Å². The minimum Gasteiger partial charge on any atom is -0.493 e. The van der Waals surface area contributed by atoms with Crippen LogP contribution in [0, 0.1) is 20.2 Å². The molecule has 0 radical (unpaired) electrons. The molecule has 5 rings (SSSR count). The second-order valence-corrected chi connectivity index (χ2v) is 7.25. The molecule has 0 fully saturated rings. The highest BCUT2D eigenvalue weighted by Gasteiger charge is 2.22. The van der Waals surface area contributed by atoms with Crippen molar-refractivity contribution in [2.45, 2.75) is 6.42 Å². The Morgan fingerprint density at radius 2 is 1.10 bits per heavy atom. The molecule has 8 nitrogen and oxygen atoms in total. The van der Waals surface area contributed by atoms with Crippen LogP contribution < -0.4 is 9.47 Å². The summed E-state index contributed by atoms with van der Waals surface area (Å²) < 4.78 is 12.1. The van der Waals surface area contributed by atoms with Gasteiger partial charge < -0.3 is 9.47 Å². The molecule has 0 amide bonds. The van der Waals surface area contributed by atoms with Crippen LogP contribution in [0.3, 0.4) is 0 Å². The summed E-state index contributed by atoms with van der Waals surface area (Å²) in [7, 11) is 0. The maximum absolute atomic E-state index is 11.2. The largest absolute Gasteiger partial charge is 0.493 e. The number of nitrogens with zero attached hydrogens (tertiary/aromatic N) is 2. The highest BCUT2D eigenvalue weighted by Crippen LogP contribution is 2.46. The van der Waals surface area contributed by atoms with E-state index in [0.29, 0.717) is 41.9 Å². The number of non-ortho nitro benzene ring substituents is 2. The third-order valence-electron chi connectivity index (χ3n) is 5.41. The quantitative estimate of drug-likeness (QED) is 0.309. The van der Waals surface area contributed by atoms with E-state index in [1.54, 1.807) is 36.4 Å². The Morgan fingerprint density at radius 3 is 1.52 bits per heavy atom. The van der Waals surface area contributed by atoms with Crippen LogP contribution in [0.1, 0.15) is 6.42 Å².